The van der Waals surface area contributed by atoms with Crippen LogP contribution in [0.4, 0.5) is 5.69 Å². The highest BCUT2D eigenvalue weighted by atomic mass is 16.5. The number of benzene rings is 1. The molecular formula is C16H22N2O4. The molecule has 1 aliphatic rings. The number of hydrogen-bond donors (Lipinski definition) is 1. The quantitative estimate of drug-likeness (QED) is 0.897. The van der Waals surface area contributed by atoms with Gasteiger partial charge >= 0.3 is 0 Å². The molecule has 1 aromatic rings. The van der Waals surface area contributed by atoms with Crippen LogP contribution in [0, 0.1) is 5.92 Å². The van der Waals surface area contributed by atoms with Crippen molar-refractivity contribution >= 4 is 17.5 Å². The Morgan fingerprint density at radius 3 is 2.55 bits per heavy atom. The molecule has 22 heavy (non-hydrogen) atoms. The normalized spacial score (nSPS) is 17.8. The predicted octanol–water partition coefficient (Wildman–Crippen LogP) is 1.58. The lowest BCUT2D eigenvalue weighted by atomic mass is 10.2. The molecule has 0 bridgehead atoms. The average molecular weight is 306 g/mol. The predicted molar refractivity (Wildman–Crippen MR) is 83.3 cm³/mol. The summed E-state index contributed by atoms with van der Waals surface area (Å²) in [5, 5.41) is 2.90. The highest BCUT2D eigenvalue weighted by Crippen LogP contribution is 2.33. The largest absolute Gasteiger partial charge is 0.493 e. The van der Waals surface area contributed by atoms with E-state index in [2.05, 4.69) is 5.32 Å². The fourth-order valence-electron chi connectivity index (χ4n) is 2.41. The molecule has 6 heteroatoms. The number of hydrogen-bond acceptors (Lipinski definition) is 4. The molecule has 1 heterocycles. The highest BCUT2D eigenvalue weighted by Gasteiger charge is 2.32. The van der Waals surface area contributed by atoms with E-state index >= 15 is 0 Å². The zero-order valence-corrected chi connectivity index (χ0v) is 13.4. The van der Waals surface area contributed by atoms with Crippen LogP contribution in [0.2, 0.25) is 0 Å². The maximum absolute atomic E-state index is 12.2. The molecule has 120 valence electrons. The van der Waals surface area contributed by atoms with Gasteiger partial charge in [0.1, 0.15) is 0 Å². The monoisotopic (exact) mass is 306 g/mol. The highest BCUT2D eigenvalue weighted by molar-refractivity contribution is 5.97. The minimum Gasteiger partial charge on any atom is -0.493 e. The summed E-state index contributed by atoms with van der Waals surface area (Å²) in [4.78, 5) is 25.6. The van der Waals surface area contributed by atoms with Gasteiger partial charge in [0, 0.05) is 30.6 Å². The van der Waals surface area contributed by atoms with Crippen LogP contribution in [-0.2, 0) is 9.59 Å². The Morgan fingerprint density at radius 1 is 1.27 bits per heavy atom. The molecule has 0 spiro atoms. The number of rotatable bonds is 5. The second-order valence-corrected chi connectivity index (χ2v) is 5.61. The Labute approximate surface area is 130 Å². The number of amides is 2. The van der Waals surface area contributed by atoms with Crippen molar-refractivity contribution in [2.75, 3.05) is 25.7 Å². The van der Waals surface area contributed by atoms with Gasteiger partial charge in [0.15, 0.2) is 11.5 Å². The first kappa shape index (κ1) is 16.1. The first-order valence-electron chi connectivity index (χ1n) is 7.29. The van der Waals surface area contributed by atoms with E-state index in [-0.39, 0.29) is 23.8 Å². The molecule has 1 atom stereocenters. The number of nitrogens with zero attached hydrogens (tertiary/aromatic N) is 1. The van der Waals surface area contributed by atoms with Gasteiger partial charge in [0.05, 0.1) is 20.3 Å². The van der Waals surface area contributed by atoms with E-state index in [9.17, 15) is 9.59 Å². The molecule has 2 amide bonds. The number of carbonyl (C=O) groups excluding carboxylic acids is 2. The number of ether oxygens (including phenoxy) is 2. The molecule has 0 aliphatic carbocycles. The van der Waals surface area contributed by atoms with Gasteiger partial charge in [0.2, 0.25) is 11.8 Å². The van der Waals surface area contributed by atoms with Gasteiger partial charge in [-0.1, -0.05) is 13.8 Å². The van der Waals surface area contributed by atoms with Crippen LogP contribution in [0.25, 0.3) is 0 Å². The summed E-state index contributed by atoms with van der Waals surface area (Å²) in [6.07, 6.45) is 0.312. The van der Waals surface area contributed by atoms with Crippen molar-refractivity contribution in [3.05, 3.63) is 18.2 Å². The second-order valence-electron chi connectivity index (χ2n) is 5.61. The zero-order valence-electron chi connectivity index (χ0n) is 13.4. The molecule has 0 radical (unpaired) electrons. The Kier molecular flexibility index (Phi) is 4.90. The fourth-order valence-corrected chi connectivity index (χ4v) is 2.41. The molecule has 1 fully saturated rings. The maximum Gasteiger partial charge on any atom is 0.229 e. The molecule has 6 nitrogen and oxygen atoms in total. The molecular weight excluding hydrogens is 284 g/mol. The molecule has 1 unspecified atom stereocenters. The second kappa shape index (κ2) is 6.68. The van der Waals surface area contributed by atoms with Gasteiger partial charge in [-0.25, -0.2) is 0 Å². The van der Waals surface area contributed by atoms with Gasteiger partial charge in [-0.2, -0.15) is 0 Å². The lowest BCUT2D eigenvalue weighted by Gasteiger charge is -2.19. The van der Waals surface area contributed by atoms with E-state index in [4.69, 9.17) is 9.47 Å². The van der Waals surface area contributed by atoms with Crippen LogP contribution >= 0.6 is 0 Å². The summed E-state index contributed by atoms with van der Waals surface area (Å²) >= 11 is 0. The summed E-state index contributed by atoms with van der Waals surface area (Å²) in [5.41, 5.74) is 0.740. The summed E-state index contributed by atoms with van der Waals surface area (Å²) in [6.45, 7) is 4.13. The number of carbonyl (C=O) groups is 2. The Balaban J connectivity index is 2.13. The summed E-state index contributed by atoms with van der Waals surface area (Å²) < 4.78 is 10.5. The standard InChI is InChI=1S/C16H22N2O4/c1-10(2)16(20)17-11-7-15(19)18(9-11)12-5-6-13(21-3)14(8-12)22-4/h5-6,8,10-11H,7,9H2,1-4H3,(H,17,20). The van der Waals surface area contributed by atoms with Crippen LogP contribution in [0.5, 0.6) is 11.5 Å². The van der Waals surface area contributed by atoms with Crippen molar-refractivity contribution in [1.82, 2.24) is 5.32 Å². The minimum atomic E-state index is -0.157. The number of methoxy groups -OCH3 is 2. The SMILES string of the molecule is COc1ccc(N2CC(NC(=O)C(C)C)CC2=O)cc1OC. The Morgan fingerprint density at radius 2 is 1.95 bits per heavy atom. The van der Waals surface area contributed by atoms with Crippen molar-refractivity contribution < 1.29 is 19.1 Å². The fraction of sp³-hybridized carbons (Fsp3) is 0.500. The number of nitrogens with one attached hydrogen (secondary N) is 1. The summed E-state index contributed by atoms with van der Waals surface area (Å²) in [7, 11) is 3.12. The van der Waals surface area contributed by atoms with E-state index in [1.165, 1.54) is 0 Å². The van der Waals surface area contributed by atoms with Gasteiger partial charge in [-0.3, -0.25) is 9.59 Å². The molecule has 2 rings (SSSR count). The molecule has 1 saturated heterocycles. The van der Waals surface area contributed by atoms with Gasteiger partial charge in [0.25, 0.3) is 0 Å². The molecule has 1 aliphatic heterocycles. The zero-order chi connectivity index (χ0) is 16.3. The van der Waals surface area contributed by atoms with E-state index in [1.807, 2.05) is 19.9 Å². The summed E-state index contributed by atoms with van der Waals surface area (Å²) in [5.74, 6) is 1.04. The third-order valence-electron chi connectivity index (χ3n) is 3.67. The average Bonchev–Trinajstić information content (AvgIpc) is 2.86. The first-order chi connectivity index (χ1) is 10.5. The molecule has 1 N–H and O–H groups in total. The molecule has 1 aromatic carbocycles. The van der Waals surface area contributed by atoms with Gasteiger partial charge < -0.3 is 19.7 Å². The van der Waals surface area contributed by atoms with Crippen molar-refractivity contribution in [2.45, 2.75) is 26.3 Å². The van der Waals surface area contributed by atoms with E-state index in [0.717, 1.165) is 5.69 Å². The van der Waals surface area contributed by atoms with Crippen molar-refractivity contribution in [1.29, 1.82) is 0 Å². The van der Waals surface area contributed by atoms with Crippen LogP contribution in [-0.4, -0.2) is 38.6 Å². The van der Waals surface area contributed by atoms with Gasteiger partial charge in [-0.15, -0.1) is 0 Å². The van der Waals surface area contributed by atoms with Crippen LogP contribution < -0.4 is 19.7 Å². The van der Waals surface area contributed by atoms with Crippen molar-refractivity contribution in [3.63, 3.8) is 0 Å². The summed E-state index contributed by atoms with van der Waals surface area (Å²) in [6, 6.07) is 5.19. The lowest BCUT2D eigenvalue weighted by Crippen LogP contribution is -2.39. The van der Waals surface area contributed by atoms with Crippen molar-refractivity contribution in [2.24, 2.45) is 5.92 Å². The maximum atomic E-state index is 12.2. The molecule has 0 aromatic heterocycles. The van der Waals surface area contributed by atoms with Crippen LogP contribution in [0.1, 0.15) is 20.3 Å². The van der Waals surface area contributed by atoms with E-state index < -0.39 is 0 Å². The van der Waals surface area contributed by atoms with E-state index in [1.54, 1.807) is 31.3 Å². The lowest BCUT2D eigenvalue weighted by molar-refractivity contribution is -0.124. The Hall–Kier alpha value is -2.24. The van der Waals surface area contributed by atoms with Crippen LogP contribution in [0.15, 0.2) is 18.2 Å². The van der Waals surface area contributed by atoms with Crippen LogP contribution in [0.3, 0.4) is 0 Å². The first-order valence-corrected chi connectivity index (χ1v) is 7.29. The minimum absolute atomic E-state index is 0.0127. The smallest absolute Gasteiger partial charge is 0.229 e. The number of anilines is 1. The Bertz CT molecular complexity index is 571. The molecule has 0 saturated carbocycles. The topological polar surface area (TPSA) is 67.9 Å². The third kappa shape index (κ3) is 3.32. The van der Waals surface area contributed by atoms with Gasteiger partial charge in [-0.05, 0) is 12.1 Å². The third-order valence-corrected chi connectivity index (χ3v) is 3.67. The van der Waals surface area contributed by atoms with Crippen molar-refractivity contribution in [3.8, 4) is 11.5 Å². The van der Waals surface area contributed by atoms with E-state index in [0.29, 0.717) is 24.5 Å².